The average Bonchev–Trinajstić information content (AvgIpc) is 3.26. The van der Waals surface area contributed by atoms with Crippen molar-refractivity contribution in [3.8, 4) is 11.1 Å². The number of nitrogens with one attached hydrogen (secondary N) is 2. The van der Waals surface area contributed by atoms with Crippen LogP contribution in [0.15, 0.2) is 42.9 Å². The number of likely N-dealkylation sites (N-methyl/N-ethyl adjacent to an activating group) is 1. The first kappa shape index (κ1) is 19.3. The molecule has 0 radical (unpaired) electrons. The molecular weight excluding hydrogens is 374 g/mol. The Balaban J connectivity index is 1.87. The van der Waals surface area contributed by atoms with Gasteiger partial charge in [0.25, 0.3) is 0 Å². The second-order valence-corrected chi connectivity index (χ2v) is 6.98. The highest BCUT2D eigenvalue weighted by Crippen LogP contribution is 2.38. The molecule has 2 aromatic heterocycles. The standard InChI is InChI=1S/C20H23N5O4/c1-11-16(27)17(28)20(29-11)25-9-13(12-6-4-3-5-7-12)15-18(22-8-14(26)21-2)23-10-24-19(15)25/h3-7,9-11,16-17,20,27-28H,8H2,1-2H3,(H,21,26)(H,22,23,24)/t11-,16-,17-,20-/m1/s1. The molecule has 0 saturated carbocycles. The summed E-state index contributed by atoms with van der Waals surface area (Å²) in [5.74, 6) is 0.321. The first-order chi connectivity index (χ1) is 14.0. The summed E-state index contributed by atoms with van der Waals surface area (Å²) in [4.78, 5) is 20.4. The minimum absolute atomic E-state index is 0.0559. The lowest BCUT2D eigenvalue weighted by Crippen LogP contribution is -2.30. The number of benzene rings is 1. The van der Waals surface area contributed by atoms with Gasteiger partial charge in [-0.1, -0.05) is 30.3 Å². The maximum absolute atomic E-state index is 11.7. The number of rotatable bonds is 5. The molecule has 1 aromatic carbocycles. The number of aliphatic hydroxyl groups is 2. The van der Waals surface area contributed by atoms with Crippen LogP contribution in [0.5, 0.6) is 0 Å². The zero-order valence-corrected chi connectivity index (χ0v) is 16.1. The first-order valence-corrected chi connectivity index (χ1v) is 9.38. The van der Waals surface area contributed by atoms with Crippen LogP contribution < -0.4 is 10.6 Å². The lowest BCUT2D eigenvalue weighted by molar-refractivity contribution is -0.118. The number of carbonyl (C=O) groups excluding carboxylic acids is 1. The SMILES string of the molecule is CNC(=O)CNc1ncnc2c1c(-c1ccccc1)cn2[C@@H]1O[C@H](C)[C@@H](O)[C@H]1O. The summed E-state index contributed by atoms with van der Waals surface area (Å²) in [6.07, 6.45) is -0.173. The van der Waals surface area contributed by atoms with Crippen LogP contribution in [0.4, 0.5) is 5.82 Å². The summed E-state index contributed by atoms with van der Waals surface area (Å²) in [6, 6.07) is 9.68. The van der Waals surface area contributed by atoms with Gasteiger partial charge in [-0.2, -0.15) is 0 Å². The number of amides is 1. The quantitative estimate of drug-likeness (QED) is 0.505. The van der Waals surface area contributed by atoms with Crippen LogP contribution in [-0.4, -0.2) is 62.6 Å². The van der Waals surface area contributed by atoms with Crippen LogP contribution in [0.1, 0.15) is 13.2 Å². The molecule has 0 spiro atoms. The highest BCUT2D eigenvalue weighted by molar-refractivity contribution is 6.02. The highest BCUT2D eigenvalue weighted by atomic mass is 16.6. The molecule has 0 bridgehead atoms. The highest BCUT2D eigenvalue weighted by Gasteiger charge is 2.42. The Morgan fingerprint density at radius 2 is 1.97 bits per heavy atom. The van der Waals surface area contributed by atoms with Crippen molar-refractivity contribution >= 4 is 22.8 Å². The van der Waals surface area contributed by atoms with E-state index in [2.05, 4.69) is 20.6 Å². The smallest absolute Gasteiger partial charge is 0.239 e. The van der Waals surface area contributed by atoms with E-state index in [4.69, 9.17) is 4.74 Å². The molecule has 29 heavy (non-hydrogen) atoms. The van der Waals surface area contributed by atoms with Crippen molar-refractivity contribution in [2.75, 3.05) is 18.9 Å². The Hall–Kier alpha value is -3.01. The Kier molecular flexibility index (Phi) is 5.18. The van der Waals surface area contributed by atoms with Gasteiger partial charge in [-0.15, -0.1) is 0 Å². The van der Waals surface area contributed by atoms with E-state index < -0.39 is 24.5 Å². The van der Waals surface area contributed by atoms with E-state index in [-0.39, 0.29) is 12.5 Å². The first-order valence-electron chi connectivity index (χ1n) is 9.38. The van der Waals surface area contributed by atoms with Crippen LogP contribution in [-0.2, 0) is 9.53 Å². The molecule has 4 rings (SSSR count). The molecule has 1 aliphatic rings. The van der Waals surface area contributed by atoms with Gasteiger partial charge in [0.05, 0.1) is 18.0 Å². The van der Waals surface area contributed by atoms with Crippen LogP contribution in [0.3, 0.4) is 0 Å². The minimum atomic E-state index is -1.10. The summed E-state index contributed by atoms with van der Waals surface area (Å²) < 4.78 is 7.51. The largest absolute Gasteiger partial charge is 0.388 e. The number of nitrogens with zero attached hydrogens (tertiary/aromatic N) is 3. The van der Waals surface area contributed by atoms with Gasteiger partial charge in [-0.25, -0.2) is 9.97 Å². The van der Waals surface area contributed by atoms with Gasteiger partial charge < -0.3 is 30.2 Å². The number of aromatic nitrogens is 3. The summed E-state index contributed by atoms with van der Waals surface area (Å²) >= 11 is 0. The average molecular weight is 397 g/mol. The second kappa shape index (κ2) is 7.78. The van der Waals surface area contributed by atoms with E-state index in [0.29, 0.717) is 16.9 Å². The molecule has 9 nitrogen and oxygen atoms in total. The molecule has 1 amide bonds. The molecule has 1 fully saturated rings. The molecule has 152 valence electrons. The van der Waals surface area contributed by atoms with Crippen molar-refractivity contribution in [3.05, 3.63) is 42.9 Å². The molecule has 0 unspecified atom stereocenters. The van der Waals surface area contributed by atoms with Crippen molar-refractivity contribution in [1.29, 1.82) is 0 Å². The van der Waals surface area contributed by atoms with Crippen molar-refractivity contribution in [1.82, 2.24) is 19.9 Å². The molecule has 4 N–H and O–H groups in total. The molecular formula is C20H23N5O4. The predicted octanol–water partition coefficient (Wildman–Crippen LogP) is 0.895. The number of carbonyl (C=O) groups is 1. The molecule has 3 aromatic rings. The van der Waals surface area contributed by atoms with E-state index in [1.54, 1.807) is 18.5 Å². The van der Waals surface area contributed by atoms with Gasteiger partial charge in [0.1, 0.15) is 30.0 Å². The molecule has 1 aliphatic heterocycles. The van der Waals surface area contributed by atoms with Crippen LogP contribution in [0.2, 0.25) is 0 Å². The van der Waals surface area contributed by atoms with E-state index in [1.165, 1.54) is 6.33 Å². The number of fused-ring (bicyclic) bond motifs is 1. The Bertz CT molecular complexity index is 1020. The van der Waals surface area contributed by atoms with Gasteiger partial charge in [-0.3, -0.25) is 4.79 Å². The zero-order chi connectivity index (χ0) is 20.5. The number of hydrogen-bond donors (Lipinski definition) is 4. The normalized spacial score (nSPS) is 24.0. The fourth-order valence-corrected chi connectivity index (χ4v) is 3.56. The Morgan fingerprint density at radius 1 is 1.21 bits per heavy atom. The van der Waals surface area contributed by atoms with Crippen molar-refractivity contribution in [3.63, 3.8) is 0 Å². The minimum Gasteiger partial charge on any atom is -0.388 e. The molecule has 3 heterocycles. The molecule has 9 heteroatoms. The van der Waals surface area contributed by atoms with Crippen LogP contribution in [0.25, 0.3) is 22.2 Å². The van der Waals surface area contributed by atoms with Gasteiger partial charge in [-0.05, 0) is 12.5 Å². The van der Waals surface area contributed by atoms with Crippen molar-refractivity contribution in [2.45, 2.75) is 31.5 Å². The lowest BCUT2D eigenvalue weighted by Gasteiger charge is -2.17. The van der Waals surface area contributed by atoms with Gasteiger partial charge >= 0.3 is 0 Å². The molecule has 1 saturated heterocycles. The molecule has 4 atom stereocenters. The third-order valence-corrected chi connectivity index (χ3v) is 5.14. The van der Waals surface area contributed by atoms with E-state index in [0.717, 1.165) is 11.1 Å². The number of aliphatic hydroxyl groups excluding tert-OH is 2. The summed E-state index contributed by atoms with van der Waals surface area (Å²) in [7, 11) is 1.57. The Labute approximate surface area is 167 Å². The fourth-order valence-electron chi connectivity index (χ4n) is 3.56. The molecule has 0 aliphatic carbocycles. The fraction of sp³-hybridized carbons (Fsp3) is 0.350. The topological polar surface area (TPSA) is 122 Å². The van der Waals surface area contributed by atoms with Gasteiger partial charge in [0.2, 0.25) is 5.91 Å². The predicted molar refractivity (Wildman–Crippen MR) is 107 cm³/mol. The van der Waals surface area contributed by atoms with Gasteiger partial charge in [0, 0.05) is 18.8 Å². The third-order valence-electron chi connectivity index (χ3n) is 5.14. The van der Waals surface area contributed by atoms with E-state index in [1.807, 2.05) is 36.5 Å². The maximum atomic E-state index is 11.7. The summed E-state index contributed by atoms with van der Waals surface area (Å²) in [5.41, 5.74) is 2.28. The number of hydrogen-bond acceptors (Lipinski definition) is 7. The number of anilines is 1. The second-order valence-electron chi connectivity index (χ2n) is 6.98. The zero-order valence-electron chi connectivity index (χ0n) is 16.1. The Morgan fingerprint density at radius 3 is 2.62 bits per heavy atom. The summed E-state index contributed by atoms with van der Waals surface area (Å²) in [6.45, 7) is 1.77. The number of ether oxygens (including phenoxy) is 1. The van der Waals surface area contributed by atoms with E-state index >= 15 is 0 Å². The van der Waals surface area contributed by atoms with Crippen molar-refractivity contribution in [2.24, 2.45) is 0 Å². The monoisotopic (exact) mass is 397 g/mol. The summed E-state index contributed by atoms with van der Waals surface area (Å²) in [5, 5.41) is 27.0. The van der Waals surface area contributed by atoms with Gasteiger partial charge in [0.15, 0.2) is 6.23 Å². The van der Waals surface area contributed by atoms with Crippen molar-refractivity contribution < 1.29 is 19.7 Å². The maximum Gasteiger partial charge on any atom is 0.239 e. The third kappa shape index (κ3) is 3.44. The van der Waals surface area contributed by atoms with E-state index in [9.17, 15) is 15.0 Å². The van der Waals surface area contributed by atoms with Crippen LogP contribution in [0, 0.1) is 0 Å². The van der Waals surface area contributed by atoms with Crippen LogP contribution >= 0.6 is 0 Å². The lowest BCUT2D eigenvalue weighted by atomic mass is 10.1.